The van der Waals surface area contributed by atoms with Gasteiger partial charge < -0.3 is 0 Å². The number of benzene rings is 1. The van der Waals surface area contributed by atoms with Gasteiger partial charge in [-0.1, -0.05) is 6.92 Å². The van der Waals surface area contributed by atoms with E-state index in [9.17, 15) is 9.59 Å². The van der Waals surface area contributed by atoms with Crippen LogP contribution >= 0.6 is 38.5 Å². The third-order valence-electron chi connectivity index (χ3n) is 4.03. The lowest BCUT2D eigenvalue weighted by molar-refractivity contribution is -0.123. The van der Waals surface area contributed by atoms with Crippen LogP contribution in [0.25, 0.3) is 0 Å². The van der Waals surface area contributed by atoms with E-state index >= 15 is 0 Å². The van der Waals surface area contributed by atoms with Gasteiger partial charge in [0.15, 0.2) is 0 Å². The van der Waals surface area contributed by atoms with Crippen LogP contribution in [-0.2, 0) is 9.59 Å². The number of carbonyl (C=O) groups is 2. The number of amides is 2. The summed E-state index contributed by atoms with van der Waals surface area (Å²) in [5.74, 6) is 0.262. The van der Waals surface area contributed by atoms with Crippen LogP contribution in [0.3, 0.4) is 0 Å². The number of fused-ring (bicyclic) bond motifs is 1. The average Bonchev–Trinajstić information content (AvgIpc) is 2.84. The van der Waals surface area contributed by atoms with Crippen molar-refractivity contribution in [1.29, 1.82) is 0 Å². The number of rotatable bonds is 1. The zero-order valence-electron chi connectivity index (χ0n) is 10.4. The van der Waals surface area contributed by atoms with Crippen LogP contribution in [0.15, 0.2) is 22.7 Å². The molecule has 1 aliphatic heterocycles. The largest absolute Gasteiger partial charge is 0.274 e. The standard InChI is InChI=1S/C14H13BrINO2/c1-7-4-9-10(5-7)14(19)17(13(9)18)8-2-3-11(15)12(16)6-8/h2-3,6-7,9-10H,4-5H2,1H3. The molecule has 1 saturated heterocycles. The second-order valence-electron chi connectivity index (χ2n) is 5.40. The SMILES string of the molecule is CC1CC2C(=O)N(c3ccc(Br)c(I)c3)C(=O)C2C1. The molecule has 2 unspecified atom stereocenters. The van der Waals surface area contributed by atoms with Crippen LogP contribution in [0.1, 0.15) is 19.8 Å². The van der Waals surface area contributed by atoms with Crippen LogP contribution in [0.5, 0.6) is 0 Å². The molecule has 0 spiro atoms. The first-order chi connectivity index (χ1) is 8.99. The Morgan fingerprint density at radius 1 is 1.21 bits per heavy atom. The zero-order chi connectivity index (χ0) is 13.7. The molecule has 2 amide bonds. The molecular weight excluding hydrogens is 421 g/mol. The highest BCUT2D eigenvalue weighted by Gasteiger charge is 2.52. The third kappa shape index (κ3) is 2.14. The summed E-state index contributed by atoms with van der Waals surface area (Å²) in [6.07, 6.45) is 1.69. The van der Waals surface area contributed by atoms with Gasteiger partial charge in [-0.3, -0.25) is 14.5 Å². The van der Waals surface area contributed by atoms with E-state index in [4.69, 9.17) is 0 Å². The van der Waals surface area contributed by atoms with Gasteiger partial charge in [-0.25, -0.2) is 0 Å². The maximum absolute atomic E-state index is 12.4. The summed E-state index contributed by atoms with van der Waals surface area (Å²) in [6.45, 7) is 2.12. The fourth-order valence-electron chi connectivity index (χ4n) is 3.16. The van der Waals surface area contributed by atoms with E-state index in [1.165, 1.54) is 4.90 Å². The van der Waals surface area contributed by atoms with E-state index in [1.54, 1.807) is 0 Å². The van der Waals surface area contributed by atoms with Gasteiger partial charge in [-0.2, -0.15) is 0 Å². The van der Waals surface area contributed by atoms with Gasteiger partial charge in [0.2, 0.25) is 11.8 Å². The minimum Gasteiger partial charge on any atom is -0.274 e. The van der Waals surface area contributed by atoms with Crippen molar-refractivity contribution in [1.82, 2.24) is 0 Å². The first-order valence-electron chi connectivity index (χ1n) is 6.32. The molecule has 0 aromatic heterocycles. The second kappa shape index (κ2) is 4.84. The van der Waals surface area contributed by atoms with Crippen molar-refractivity contribution in [3.05, 3.63) is 26.2 Å². The van der Waals surface area contributed by atoms with Crippen LogP contribution in [-0.4, -0.2) is 11.8 Å². The Labute approximate surface area is 134 Å². The van der Waals surface area contributed by atoms with Gasteiger partial charge >= 0.3 is 0 Å². The molecule has 0 bridgehead atoms. The Morgan fingerprint density at radius 3 is 2.32 bits per heavy atom. The molecule has 1 saturated carbocycles. The van der Waals surface area contributed by atoms with Crippen molar-refractivity contribution in [2.45, 2.75) is 19.8 Å². The number of hydrogen-bond acceptors (Lipinski definition) is 2. The average molecular weight is 434 g/mol. The van der Waals surface area contributed by atoms with Gasteiger partial charge in [-0.15, -0.1) is 0 Å². The molecule has 5 heteroatoms. The smallest absolute Gasteiger partial charge is 0.237 e. The third-order valence-corrected chi connectivity index (χ3v) is 6.36. The molecule has 3 rings (SSSR count). The lowest BCUT2D eigenvalue weighted by Crippen LogP contribution is -2.32. The van der Waals surface area contributed by atoms with Crippen molar-refractivity contribution in [2.75, 3.05) is 4.90 Å². The van der Waals surface area contributed by atoms with Crippen molar-refractivity contribution in [2.24, 2.45) is 17.8 Å². The minimum atomic E-state index is -0.0937. The number of anilines is 1. The lowest BCUT2D eigenvalue weighted by Gasteiger charge is -2.17. The number of imide groups is 1. The number of nitrogens with zero attached hydrogens (tertiary/aromatic N) is 1. The van der Waals surface area contributed by atoms with Crippen LogP contribution in [0, 0.1) is 21.3 Å². The normalized spacial score (nSPS) is 30.1. The Hall–Kier alpha value is -0.430. The summed E-state index contributed by atoms with van der Waals surface area (Å²) in [5.41, 5.74) is 0.699. The van der Waals surface area contributed by atoms with E-state index in [0.29, 0.717) is 11.6 Å². The molecular formula is C14H13BrINO2. The van der Waals surface area contributed by atoms with Gasteiger partial charge in [-0.05, 0) is 75.5 Å². The predicted molar refractivity (Wildman–Crippen MR) is 84.7 cm³/mol. The molecule has 3 nitrogen and oxygen atoms in total. The summed E-state index contributed by atoms with van der Waals surface area (Å²) in [7, 11) is 0. The summed E-state index contributed by atoms with van der Waals surface area (Å²) >= 11 is 5.62. The quantitative estimate of drug-likeness (QED) is 0.501. The Bertz CT molecular complexity index is 551. The highest BCUT2D eigenvalue weighted by atomic mass is 127. The highest BCUT2D eigenvalue weighted by molar-refractivity contribution is 14.1. The van der Waals surface area contributed by atoms with Crippen molar-refractivity contribution in [3.8, 4) is 0 Å². The van der Waals surface area contributed by atoms with Gasteiger partial charge in [0, 0.05) is 8.04 Å². The minimum absolute atomic E-state index is 0.0162. The Morgan fingerprint density at radius 2 is 1.79 bits per heavy atom. The van der Waals surface area contributed by atoms with Crippen LogP contribution in [0.4, 0.5) is 5.69 Å². The Kier molecular flexibility index (Phi) is 3.45. The van der Waals surface area contributed by atoms with Crippen molar-refractivity contribution >= 4 is 56.0 Å². The number of hydrogen-bond donors (Lipinski definition) is 0. The molecule has 2 aliphatic rings. The number of halogens is 2. The summed E-state index contributed by atoms with van der Waals surface area (Å²) in [4.78, 5) is 26.2. The molecule has 2 atom stereocenters. The summed E-state index contributed by atoms with van der Waals surface area (Å²) in [5, 5.41) is 0. The molecule has 1 aliphatic carbocycles. The van der Waals surface area contributed by atoms with E-state index < -0.39 is 0 Å². The van der Waals surface area contributed by atoms with Crippen molar-refractivity contribution in [3.63, 3.8) is 0 Å². The second-order valence-corrected chi connectivity index (χ2v) is 7.42. The molecule has 1 heterocycles. The van der Waals surface area contributed by atoms with Crippen LogP contribution < -0.4 is 4.90 Å². The number of carbonyl (C=O) groups excluding carboxylic acids is 2. The van der Waals surface area contributed by atoms with Gasteiger partial charge in [0.05, 0.1) is 17.5 Å². The summed E-state index contributed by atoms with van der Waals surface area (Å²) < 4.78 is 1.98. The van der Waals surface area contributed by atoms with Gasteiger partial charge in [0.1, 0.15) is 0 Å². The topological polar surface area (TPSA) is 37.4 Å². The van der Waals surface area contributed by atoms with E-state index in [2.05, 4.69) is 45.4 Å². The molecule has 1 aromatic carbocycles. The maximum Gasteiger partial charge on any atom is 0.237 e. The monoisotopic (exact) mass is 433 g/mol. The lowest BCUT2D eigenvalue weighted by atomic mass is 10.00. The molecule has 19 heavy (non-hydrogen) atoms. The predicted octanol–water partition coefficient (Wildman–Crippen LogP) is 3.59. The van der Waals surface area contributed by atoms with Crippen LogP contribution in [0.2, 0.25) is 0 Å². The van der Waals surface area contributed by atoms with E-state index in [0.717, 1.165) is 20.9 Å². The van der Waals surface area contributed by atoms with Gasteiger partial charge in [0.25, 0.3) is 0 Å². The molecule has 0 radical (unpaired) electrons. The van der Waals surface area contributed by atoms with Crippen molar-refractivity contribution < 1.29 is 9.59 Å². The zero-order valence-corrected chi connectivity index (χ0v) is 14.1. The first kappa shape index (κ1) is 13.5. The first-order valence-corrected chi connectivity index (χ1v) is 8.19. The molecule has 2 fully saturated rings. The molecule has 1 aromatic rings. The van der Waals surface area contributed by atoms with E-state index in [-0.39, 0.29) is 23.7 Å². The summed E-state index contributed by atoms with van der Waals surface area (Å²) in [6, 6.07) is 5.59. The maximum atomic E-state index is 12.4. The Balaban J connectivity index is 1.96. The highest BCUT2D eigenvalue weighted by Crippen LogP contribution is 2.44. The fraction of sp³-hybridized carbons (Fsp3) is 0.429. The fourth-order valence-corrected chi connectivity index (χ4v) is 3.90. The molecule has 100 valence electrons. The molecule has 0 N–H and O–H groups in total. The van der Waals surface area contributed by atoms with E-state index in [1.807, 2.05) is 18.2 Å².